The number of hydrogen-bond donors (Lipinski definition) is 1. The second-order valence-electron chi connectivity index (χ2n) is 11.5. The van der Waals surface area contributed by atoms with E-state index in [1.807, 2.05) is 79.9 Å². The minimum Gasteiger partial charge on any atom is -0.355 e. The van der Waals surface area contributed by atoms with Gasteiger partial charge in [-0.15, -0.1) is 0 Å². The Bertz CT molecular complexity index is 2540. The molecule has 0 saturated heterocycles. The van der Waals surface area contributed by atoms with Crippen molar-refractivity contribution in [3.63, 3.8) is 0 Å². The van der Waals surface area contributed by atoms with Crippen LogP contribution in [-0.2, 0) is 0 Å². The van der Waals surface area contributed by atoms with Gasteiger partial charge in [0.2, 0.25) is 0 Å². The number of hydrogen-bond acceptors (Lipinski definition) is 6. The fourth-order valence-electron chi connectivity index (χ4n) is 6.47. The van der Waals surface area contributed by atoms with Crippen LogP contribution in [0.3, 0.4) is 0 Å². The van der Waals surface area contributed by atoms with Gasteiger partial charge < -0.3 is 9.55 Å². The molecule has 49 heavy (non-hydrogen) atoms. The van der Waals surface area contributed by atoms with E-state index >= 15 is 0 Å². The number of aromatic nitrogens is 8. The quantitative estimate of drug-likeness (QED) is 0.193. The minimum atomic E-state index is 0. The van der Waals surface area contributed by atoms with Crippen LogP contribution in [0.4, 0.5) is 0 Å². The maximum absolute atomic E-state index is 5.23. The third kappa shape index (κ3) is 5.78. The zero-order valence-corrected chi connectivity index (χ0v) is 29.8. The maximum Gasteiger partial charge on any atom is 0.0737 e. The van der Waals surface area contributed by atoms with Crippen molar-refractivity contribution in [2.45, 2.75) is 0 Å². The molecule has 0 atom stereocenters. The Morgan fingerprint density at radius 2 is 0.918 bits per heavy atom. The van der Waals surface area contributed by atoms with Gasteiger partial charge >= 0.3 is 0 Å². The van der Waals surface area contributed by atoms with Crippen LogP contribution in [0.25, 0.3) is 85.4 Å². The van der Waals surface area contributed by atoms with Crippen molar-refractivity contribution in [2.24, 2.45) is 0 Å². The van der Waals surface area contributed by atoms with Crippen LogP contribution in [0.5, 0.6) is 0 Å². The van der Waals surface area contributed by atoms with E-state index in [0.717, 1.165) is 83.9 Å². The van der Waals surface area contributed by atoms with Gasteiger partial charge in [-0.25, -0.2) is 9.97 Å². The Labute approximate surface area is 309 Å². The number of pyridine rings is 4. The van der Waals surface area contributed by atoms with Crippen molar-refractivity contribution >= 4 is 46.4 Å². The molecule has 0 unspecified atom stereocenters. The molecule has 0 fully saturated rings. The molecule has 0 saturated carbocycles. The van der Waals surface area contributed by atoms with E-state index in [-0.39, 0.29) is 35.6 Å². The van der Waals surface area contributed by atoms with E-state index < -0.39 is 0 Å². The summed E-state index contributed by atoms with van der Waals surface area (Å²) in [5.74, 6) is 0. The summed E-state index contributed by atoms with van der Waals surface area (Å²) in [6, 6.07) is 26.8. The summed E-state index contributed by atoms with van der Waals surface area (Å²) >= 11 is 0. The molecule has 1 radical (unpaired) electrons. The van der Waals surface area contributed by atoms with Gasteiger partial charge in [0.1, 0.15) is 0 Å². The fraction of sp³-hybridized carbons (Fsp3) is 0. The monoisotopic (exact) mass is 757 g/mol. The van der Waals surface area contributed by atoms with Gasteiger partial charge in [-0.05, 0) is 120 Å². The van der Waals surface area contributed by atoms with Gasteiger partial charge in [0.25, 0.3) is 0 Å². The summed E-state index contributed by atoms with van der Waals surface area (Å²) in [5.41, 5.74) is 14.2. The van der Waals surface area contributed by atoms with E-state index in [1.54, 1.807) is 0 Å². The van der Waals surface area contributed by atoms with Crippen molar-refractivity contribution in [1.82, 2.24) is 39.5 Å². The van der Waals surface area contributed by atoms with Crippen LogP contribution < -0.4 is 0 Å². The first-order chi connectivity index (χ1) is 23.8. The largest absolute Gasteiger partial charge is 0.355 e. The predicted molar refractivity (Wildman–Crippen MR) is 191 cm³/mol. The fourth-order valence-corrected chi connectivity index (χ4v) is 6.47. The molecule has 8 nitrogen and oxygen atoms in total. The second-order valence-corrected chi connectivity index (χ2v) is 11.5. The van der Waals surface area contributed by atoms with Crippen molar-refractivity contribution in [3.05, 3.63) is 151 Å². The average molecular weight is 758 g/mol. The zero-order chi connectivity index (χ0) is 31.9. The number of H-pyrrole nitrogens is 1. The van der Waals surface area contributed by atoms with Crippen LogP contribution in [0.1, 0.15) is 22.8 Å². The Morgan fingerprint density at radius 1 is 0.449 bits per heavy atom. The molecule has 8 bridgehead atoms. The Kier molecular flexibility index (Phi) is 8.23. The SMILES string of the molecule is C1=Cc2cc3c(-c4ccncc4)c(-c4ccncc4)c(c(-c4ccncc4)c4nc(cc5ccc(cc1n2)[nH]5)C=C4)n3-c1ccncc1.[La]. The molecule has 7 aromatic heterocycles. The van der Waals surface area contributed by atoms with Gasteiger partial charge in [0, 0.05) is 119 Å². The third-order valence-electron chi connectivity index (χ3n) is 8.50. The number of nitrogens with one attached hydrogen (secondary N) is 1. The molecule has 0 aliphatic carbocycles. The van der Waals surface area contributed by atoms with Gasteiger partial charge in [-0.2, -0.15) is 0 Å². The first-order valence-electron chi connectivity index (χ1n) is 15.6. The number of nitrogens with zero attached hydrogens (tertiary/aromatic N) is 7. The average Bonchev–Trinajstić information content (AvgIpc) is 3.95. The number of aromatic amines is 1. The van der Waals surface area contributed by atoms with E-state index in [2.05, 4.69) is 102 Å². The molecule has 0 aromatic carbocycles. The van der Waals surface area contributed by atoms with E-state index in [4.69, 9.17) is 9.97 Å². The molecule has 2 aliphatic rings. The molecule has 0 amide bonds. The van der Waals surface area contributed by atoms with E-state index in [9.17, 15) is 0 Å². The molecule has 9 heteroatoms. The van der Waals surface area contributed by atoms with Crippen LogP contribution in [0.2, 0.25) is 0 Å². The number of rotatable bonds is 4. The predicted octanol–water partition coefficient (Wildman–Crippen LogP) is 8.70. The van der Waals surface area contributed by atoms with Gasteiger partial charge in [0.15, 0.2) is 0 Å². The second kappa shape index (κ2) is 13.1. The topological polar surface area (TPSA) is 98.1 Å². The van der Waals surface area contributed by atoms with Gasteiger partial charge in [-0.3, -0.25) is 19.9 Å². The zero-order valence-electron chi connectivity index (χ0n) is 26.1. The summed E-state index contributed by atoms with van der Waals surface area (Å²) in [4.78, 5) is 31.3. The third-order valence-corrected chi connectivity index (χ3v) is 8.50. The molecule has 7 aromatic rings. The van der Waals surface area contributed by atoms with Crippen molar-refractivity contribution in [2.75, 3.05) is 0 Å². The van der Waals surface area contributed by atoms with Crippen molar-refractivity contribution in [3.8, 4) is 39.1 Å². The maximum atomic E-state index is 5.23. The summed E-state index contributed by atoms with van der Waals surface area (Å²) in [6.45, 7) is 0. The molecule has 229 valence electrons. The van der Waals surface area contributed by atoms with Crippen LogP contribution in [0.15, 0.2) is 128 Å². The van der Waals surface area contributed by atoms with E-state index in [0.29, 0.717) is 0 Å². The van der Waals surface area contributed by atoms with Crippen LogP contribution in [0, 0.1) is 35.6 Å². The Hall–Kier alpha value is -5.61. The smallest absolute Gasteiger partial charge is 0.0737 e. The summed E-state index contributed by atoms with van der Waals surface area (Å²) in [7, 11) is 0. The normalized spacial score (nSPS) is 11.8. The summed E-state index contributed by atoms with van der Waals surface area (Å²) < 4.78 is 2.31. The Morgan fingerprint density at radius 3 is 1.51 bits per heavy atom. The van der Waals surface area contributed by atoms with Gasteiger partial charge in [-0.1, -0.05) is 0 Å². The minimum absolute atomic E-state index is 0. The molecule has 1 N–H and O–H groups in total. The Balaban J connectivity index is 0.00000348. The van der Waals surface area contributed by atoms with Crippen molar-refractivity contribution in [1.29, 1.82) is 0 Å². The summed E-state index contributed by atoms with van der Waals surface area (Å²) in [5, 5.41) is 0. The first-order valence-corrected chi connectivity index (χ1v) is 15.6. The molecule has 9 rings (SSSR count). The van der Waals surface area contributed by atoms with E-state index in [1.165, 1.54) is 0 Å². The first kappa shape index (κ1) is 30.7. The van der Waals surface area contributed by atoms with Crippen LogP contribution in [-0.4, -0.2) is 39.5 Å². The standard InChI is InChI=1S/C40H26N8.La/c1-2-31-24-32-5-6-35(47-32)37(26-7-15-41-16-8-26)40-39(28-11-19-43-20-12-28)38(27-9-17-42-18-10-27)36(48(40)34-13-21-44-22-14-34)25-33-4-3-30(46-33)23-29(1)45-31;/h1-25,45H;. The molecular formula is C40H26LaN8. The molecule has 2 aliphatic heterocycles. The van der Waals surface area contributed by atoms with Crippen LogP contribution >= 0.6 is 0 Å². The molecule has 9 heterocycles. The van der Waals surface area contributed by atoms with Crippen molar-refractivity contribution < 1.29 is 35.6 Å². The number of fused-ring (bicyclic) bond motifs is 8. The molecule has 0 spiro atoms. The molecular weight excluding hydrogens is 731 g/mol. The van der Waals surface area contributed by atoms with Gasteiger partial charge in [0.05, 0.1) is 33.8 Å². The summed E-state index contributed by atoms with van der Waals surface area (Å²) in [6.07, 6.45) is 22.9.